The van der Waals surface area contributed by atoms with Crippen molar-refractivity contribution in [2.75, 3.05) is 6.54 Å². The van der Waals surface area contributed by atoms with Gasteiger partial charge in [0.2, 0.25) is 10.0 Å². The molecule has 0 saturated carbocycles. The molecule has 6 nitrogen and oxygen atoms in total. The van der Waals surface area contributed by atoms with Crippen LogP contribution in [-0.4, -0.2) is 24.9 Å². The molecule has 0 aliphatic rings. The summed E-state index contributed by atoms with van der Waals surface area (Å²) in [6.07, 6.45) is 3.85. The Labute approximate surface area is 112 Å². The number of benzene rings is 1. The number of nitrogens with zero attached hydrogens (tertiary/aromatic N) is 1. The Morgan fingerprint density at radius 3 is 2.79 bits per heavy atom. The molecule has 0 spiro atoms. The van der Waals surface area contributed by atoms with Gasteiger partial charge in [-0.05, 0) is 11.6 Å². The van der Waals surface area contributed by atoms with E-state index in [0.717, 1.165) is 5.82 Å². The maximum Gasteiger partial charge on any atom is 0.240 e. The summed E-state index contributed by atoms with van der Waals surface area (Å²) in [6.45, 7) is 0.476. The van der Waals surface area contributed by atoms with Crippen molar-refractivity contribution < 1.29 is 8.42 Å². The van der Waals surface area contributed by atoms with Crippen molar-refractivity contribution in [3.05, 3.63) is 48.0 Å². The molecule has 0 saturated heterocycles. The third-order valence-corrected chi connectivity index (χ3v) is 4.25. The molecule has 1 aromatic carbocycles. The number of aromatic amines is 1. The predicted molar refractivity (Wildman–Crippen MR) is 71.8 cm³/mol. The van der Waals surface area contributed by atoms with Crippen LogP contribution in [0.2, 0.25) is 0 Å². The van der Waals surface area contributed by atoms with Gasteiger partial charge in [0.1, 0.15) is 5.82 Å². The fourth-order valence-corrected chi connectivity index (χ4v) is 3.03. The summed E-state index contributed by atoms with van der Waals surface area (Å²) < 4.78 is 26.8. The highest BCUT2D eigenvalue weighted by molar-refractivity contribution is 7.89. The monoisotopic (exact) mass is 280 g/mol. The number of nitrogens with two attached hydrogens (primary N) is 1. The van der Waals surface area contributed by atoms with E-state index in [1.165, 1.54) is 0 Å². The molecule has 19 heavy (non-hydrogen) atoms. The molecule has 0 unspecified atom stereocenters. The van der Waals surface area contributed by atoms with Crippen molar-refractivity contribution in [2.24, 2.45) is 5.73 Å². The van der Waals surface area contributed by atoms with Gasteiger partial charge in [-0.15, -0.1) is 0 Å². The summed E-state index contributed by atoms with van der Waals surface area (Å²) in [5.41, 5.74) is 6.15. The van der Waals surface area contributed by atoms with Gasteiger partial charge in [-0.2, -0.15) is 0 Å². The van der Waals surface area contributed by atoms with Crippen molar-refractivity contribution in [1.82, 2.24) is 14.7 Å². The zero-order valence-electron chi connectivity index (χ0n) is 10.3. The smallest absolute Gasteiger partial charge is 0.240 e. The zero-order chi connectivity index (χ0) is 13.7. The minimum atomic E-state index is -3.53. The molecule has 1 aromatic heterocycles. The quantitative estimate of drug-likeness (QED) is 0.712. The predicted octanol–water partition coefficient (Wildman–Crippen LogP) is 0.389. The molecule has 0 atom stereocenters. The van der Waals surface area contributed by atoms with Gasteiger partial charge in [-0.1, -0.05) is 18.2 Å². The first kappa shape index (κ1) is 13.7. The van der Waals surface area contributed by atoms with Gasteiger partial charge in [-0.3, -0.25) is 0 Å². The summed E-state index contributed by atoms with van der Waals surface area (Å²) in [4.78, 5) is 7.18. The third-order valence-electron chi connectivity index (χ3n) is 2.69. The maximum atomic E-state index is 12.1. The number of aromatic nitrogens is 2. The van der Waals surface area contributed by atoms with E-state index in [4.69, 9.17) is 5.73 Å². The van der Waals surface area contributed by atoms with Gasteiger partial charge in [0.15, 0.2) is 0 Å². The number of nitrogens with one attached hydrogen (secondary N) is 2. The topological polar surface area (TPSA) is 101 Å². The van der Waals surface area contributed by atoms with Crippen molar-refractivity contribution in [3.63, 3.8) is 0 Å². The average Bonchev–Trinajstić information content (AvgIpc) is 2.91. The first-order valence-electron chi connectivity index (χ1n) is 5.89. The molecule has 2 aromatic rings. The molecule has 2 rings (SSSR count). The van der Waals surface area contributed by atoms with Crippen LogP contribution in [-0.2, 0) is 23.0 Å². The Morgan fingerprint density at radius 2 is 2.11 bits per heavy atom. The van der Waals surface area contributed by atoms with E-state index in [0.29, 0.717) is 12.0 Å². The molecule has 0 bridgehead atoms. The van der Waals surface area contributed by atoms with E-state index in [9.17, 15) is 8.42 Å². The van der Waals surface area contributed by atoms with Gasteiger partial charge < -0.3 is 10.7 Å². The molecular formula is C12H16N4O2S. The van der Waals surface area contributed by atoms with Crippen LogP contribution in [0.4, 0.5) is 0 Å². The van der Waals surface area contributed by atoms with E-state index in [1.54, 1.807) is 36.7 Å². The summed E-state index contributed by atoms with van der Waals surface area (Å²) in [6, 6.07) is 6.71. The van der Waals surface area contributed by atoms with E-state index in [2.05, 4.69) is 14.7 Å². The highest BCUT2D eigenvalue weighted by Gasteiger charge is 2.16. The fraction of sp³-hybridized carbons (Fsp3) is 0.250. The average molecular weight is 280 g/mol. The van der Waals surface area contributed by atoms with Crippen molar-refractivity contribution in [3.8, 4) is 0 Å². The Kier molecular flexibility index (Phi) is 4.31. The molecule has 4 N–H and O–H groups in total. The normalized spacial score (nSPS) is 11.6. The lowest BCUT2D eigenvalue weighted by Gasteiger charge is -2.09. The first-order chi connectivity index (χ1) is 9.13. The highest BCUT2D eigenvalue weighted by Crippen LogP contribution is 2.14. The number of H-pyrrole nitrogens is 1. The van der Waals surface area contributed by atoms with Crippen LogP contribution in [0, 0.1) is 0 Å². The minimum absolute atomic E-state index is 0.190. The number of sulfonamides is 1. The molecule has 0 radical (unpaired) electrons. The SMILES string of the molecule is NCc1ccccc1S(=O)(=O)NCCc1ncc[nH]1. The van der Waals surface area contributed by atoms with Crippen molar-refractivity contribution >= 4 is 10.0 Å². The second-order valence-corrected chi connectivity index (χ2v) is 5.73. The van der Waals surface area contributed by atoms with Crippen LogP contribution in [0.3, 0.4) is 0 Å². The Morgan fingerprint density at radius 1 is 1.32 bits per heavy atom. The van der Waals surface area contributed by atoms with Crippen LogP contribution < -0.4 is 10.5 Å². The number of rotatable bonds is 6. The van der Waals surface area contributed by atoms with Gasteiger partial charge in [0.25, 0.3) is 0 Å². The van der Waals surface area contributed by atoms with Crippen molar-refractivity contribution in [2.45, 2.75) is 17.9 Å². The van der Waals surface area contributed by atoms with Gasteiger partial charge in [0.05, 0.1) is 4.90 Å². The summed E-state index contributed by atoms with van der Waals surface area (Å²) in [5, 5.41) is 0. The maximum absolute atomic E-state index is 12.1. The van der Waals surface area contributed by atoms with Gasteiger partial charge in [0, 0.05) is 31.9 Å². The number of hydrogen-bond acceptors (Lipinski definition) is 4. The molecule has 7 heteroatoms. The lowest BCUT2D eigenvalue weighted by Crippen LogP contribution is -2.27. The Bertz CT molecular complexity index is 623. The van der Waals surface area contributed by atoms with E-state index in [-0.39, 0.29) is 18.0 Å². The summed E-state index contributed by atoms with van der Waals surface area (Å²) in [7, 11) is -3.53. The first-order valence-corrected chi connectivity index (χ1v) is 7.37. The molecule has 0 amide bonds. The summed E-state index contributed by atoms with van der Waals surface area (Å²) >= 11 is 0. The molecule has 102 valence electrons. The van der Waals surface area contributed by atoms with Crippen molar-refractivity contribution in [1.29, 1.82) is 0 Å². The minimum Gasteiger partial charge on any atom is -0.349 e. The lowest BCUT2D eigenvalue weighted by atomic mass is 10.2. The number of imidazole rings is 1. The van der Waals surface area contributed by atoms with Crippen LogP contribution in [0.1, 0.15) is 11.4 Å². The van der Waals surface area contributed by atoms with E-state index < -0.39 is 10.0 Å². The van der Waals surface area contributed by atoms with Crippen LogP contribution in [0.15, 0.2) is 41.6 Å². The summed E-state index contributed by atoms with van der Waals surface area (Å²) in [5.74, 6) is 0.745. The standard InChI is InChI=1S/C12H16N4O2S/c13-9-10-3-1-2-4-11(10)19(17,18)16-6-5-12-14-7-8-15-12/h1-4,7-8,16H,5-6,9,13H2,(H,14,15). The lowest BCUT2D eigenvalue weighted by molar-refractivity contribution is 0.579. The van der Waals surface area contributed by atoms with Crippen LogP contribution in [0.25, 0.3) is 0 Å². The van der Waals surface area contributed by atoms with E-state index >= 15 is 0 Å². The van der Waals surface area contributed by atoms with Crippen LogP contribution >= 0.6 is 0 Å². The third kappa shape index (κ3) is 3.40. The second kappa shape index (κ2) is 5.96. The second-order valence-electron chi connectivity index (χ2n) is 4.00. The molecular weight excluding hydrogens is 264 g/mol. The molecule has 0 aliphatic carbocycles. The van der Waals surface area contributed by atoms with Gasteiger partial charge in [-0.25, -0.2) is 18.1 Å². The molecule has 0 fully saturated rings. The fourth-order valence-electron chi connectivity index (χ4n) is 1.75. The largest absolute Gasteiger partial charge is 0.349 e. The molecule has 0 aliphatic heterocycles. The number of hydrogen-bond donors (Lipinski definition) is 3. The zero-order valence-corrected chi connectivity index (χ0v) is 11.2. The van der Waals surface area contributed by atoms with Crippen LogP contribution in [0.5, 0.6) is 0 Å². The Hall–Kier alpha value is -1.70. The highest BCUT2D eigenvalue weighted by atomic mass is 32.2. The van der Waals surface area contributed by atoms with E-state index in [1.807, 2.05) is 0 Å². The Balaban J connectivity index is 2.05. The molecule has 1 heterocycles. The van der Waals surface area contributed by atoms with Gasteiger partial charge >= 0.3 is 0 Å².